The van der Waals surface area contributed by atoms with Crippen molar-refractivity contribution in [3.8, 4) is 0 Å². The fourth-order valence-electron chi connectivity index (χ4n) is 2.47. The van der Waals surface area contributed by atoms with Gasteiger partial charge in [-0.1, -0.05) is 0 Å². The molecule has 0 radical (unpaired) electrons. The summed E-state index contributed by atoms with van der Waals surface area (Å²) in [6, 6.07) is 5.48. The van der Waals surface area contributed by atoms with E-state index in [0.717, 1.165) is 48.8 Å². The van der Waals surface area contributed by atoms with Crippen molar-refractivity contribution in [3.05, 3.63) is 29.4 Å². The molecule has 3 N–H and O–H groups in total. The van der Waals surface area contributed by atoms with Gasteiger partial charge in [-0.05, 0) is 24.4 Å². The van der Waals surface area contributed by atoms with Crippen LogP contribution in [0.4, 0.5) is 21.4 Å². The van der Waals surface area contributed by atoms with Crippen LogP contribution in [0.25, 0.3) is 0 Å². The number of hydrogen-bond acceptors (Lipinski definition) is 7. The van der Waals surface area contributed by atoms with E-state index in [4.69, 9.17) is 4.74 Å². The fourth-order valence-corrected chi connectivity index (χ4v) is 3.08. The molecule has 1 saturated heterocycles. The van der Waals surface area contributed by atoms with Gasteiger partial charge in [0.05, 0.1) is 18.2 Å². The summed E-state index contributed by atoms with van der Waals surface area (Å²) < 4.78 is 5.37. The lowest BCUT2D eigenvalue weighted by atomic mass is 10.4. The highest BCUT2D eigenvalue weighted by atomic mass is 32.1. The molecule has 0 aliphatic carbocycles. The molecular formula is C16H22N6O2S. The Hall–Kier alpha value is -2.39. The number of carbonyl (C=O) groups excluding carboxylic acids is 1. The van der Waals surface area contributed by atoms with E-state index in [-0.39, 0.29) is 6.03 Å². The summed E-state index contributed by atoms with van der Waals surface area (Å²) in [6.07, 6.45) is 0. The number of nitrogens with zero attached hydrogens (tertiary/aromatic N) is 3. The molecule has 1 aliphatic heterocycles. The van der Waals surface area contributed by atoms with E-state index in [9.17, 15) is 4.79 Å². The summed E-state index contributed by atoms with van der Waals surface area (Å²) in [5, 5.41) is 11.6. The quantitative estimate of drug-likeness (QED) is 0.680. The minimum atomic E-state index is -0.211. The lowest BCUT2D eigenvalue weighted by Gasteiger charge is -2.28. The molecule has 1 aliphatic rings. The average Bonchev–Trinajstić information content (AvgIpc) is 3.12. The maximum absolute atomic E-state index is 11.7. The Morgan fingerprint density at radius 1 is 1.32 bits per heavy atom. The number of hydrogen-bond donors (Lipinski definition) is 3. The third-order valence-electron chi connectivity index (χ3n) is 3.63. The average molecular weight is 362 g/mol. The topological polar surface area (TPSA) is 91.4 Å². The van der Waals surface area contributed by atoms with Crippen molar-refractivity contribution in [2.24, 2.45) is 0 Å². The van der Waals surface area contributed by atoms with Gasteiger partial charge >= 0.3 is 6.03 Å². The van der Waals surface area contributed by atoms with E-state index < -0.39 is 0 Å². The Morgan fingerprint density at radius 2 is 2.16 bits per heavy atom. The fraction of sp³-hybridized carbons (Fsp3) is 0.438. The molecule has 0 bridgehead atoms. The molecule has 2 aromatic rings. The van der Waals surface area contributed by atoms with Crippen molar-refractivity contribution >= 4 is 34.0 Å². The lowest BCUT2D eigenvalue weighted by molar-refractivity contribution is 0.122. The highest BCUT2D eigenvalue weighted by Crippen LogP contribution is 2.17. The van der Waals surface area contributed by atoms with Crippen LogP contribution in [0.1, 0.15) is 5.82 Å². The van der Waals surface area contributed by atoms with Crippen LogP contribution in [-0.4, -0.2) is 55.4 Å². The van der Waals surface area contributed by atoms with Crippen molar-refractivity contribution < 1.29 is 9.53 Å². The molecule has 3 heterocycles. The molecule has 1 fully saturated rings. The van der Waals surface area contributed by atoms with E-state index in [2.05, 4.69) is 30.8 Å². The van der Waals surface area contributed by atoms with Gasteiger partial charge in [0.15, 0.2) is 0 Å². The normalized spacial score (nSPS) is 14.2. The SMILES string of the molecule is Cc1nc(NCCNC(=O)Nc2cccs2)cc(N2CCOCC2)n1. The van der Waals surface area contributed by atoms with Crippen LogP contribution in [0.2, 0.25) is 0 Å². The second-order valence-electron chi connectivity index (χ2n) is 5.54. The number of carbonyl (C=O) groups is 1. The third kappa shape index (κ3) is 5.30. The van der Waals surface area contributed by atoms with Crippen molar-refractivity contribution in [2.75, 3.05) is 54.9 Å². The monoisotopic (exact) mass is 362 g/mol. The number of urea groups is 1. The Morgan fingerprint density at radius 3 is 2.92 bits per heavy atom. The van der Waals surface area contributed by atoms with Gasteiger partial charge in [-0.25, -0.2) is 14.8 Å². The third-order valence-corrected chi connectivity index (χ3v) is 4.42. The summed E-state index contributed by atoms with van der Waals surface area (Å²) in [5.41, 5.74) is 0. The van der Waals surface area contributed by atoms with Crippen LogP contribution in [0.15, 0.2) is 23.6 Å². The zero-order valence-corrected chi connectivity index (χ0v) is 14.9. The predicted octanol–water partition coefficient (Wildman–Crippen LogP) is 1.92. The second-order valence-corrected chi connectivity index (χ2v) is 6.49. The number of morpholine rings is 1. The van der Waals surface area contributed by atoms with Crippen LogP contribution in [-0.2, 0) is 4.74 Å². The van der Waals surface area contributed by atoms with Crippen molar-refractivity contribution in [3.63, 3.8) is 0 Å². The molecule has 0 atom stereocenters. The smallest absolute Gasteiger partial charge is 0.319 e. The van der Waals surface area contributed by atoms with Crippen LogP contribution < -0.4 is 20.9 Å². The largest absolute Gasteiger partial charge is 0.378 e. The Balaban J connectivity index is 1.46. The van der Waals surface area contributed by atoms with E-state index in [1.54, 1.807) is 0 Å². The van der Waals surface area contributed by atoms with Gasteiger partial charge in [0.25, 0.3) is 0 Å². The first-order valence-corrected chi connectivity index (χ1v) is 9.09. The number of rotatable bonds is 6. The Kier molecular flexibility index (Phi) is 6.02. The predicted molar refractivity (Wildman–Crippen MR) is 99.6 cm³/mol. The molecule has 25 heavy (non-hydrogen) atoms. The van der Waals surface area contributed by atoms with Crippen LogP contribution in [0.3, 0.4) is 0 Å². The number of aryl methyl sites for hydroxylation is 1. The molecule has 134 valence electrons. The molecule has 3 rings (SSSR count). The number of thiophene rings is 1. The number of aromatic nitrogens is 2. The summed E-state index contributed by atoms with van der Waals surface area (Å²) >= 11 is 1.49. The molecule has 0 saturated carbocycles. The first-order valence-electron chi connectivity index (χ1n) is 8.21. The van der Waals surface area contributed by atoms with Gasteiger partial charge in [-0.3, -0.25) is 5.32 Å². The highest BCUT2D eigenvalue weighted by Gasteiger charge is 2.14. The standard InChI is InChI=1S/C16H22N6O2S/c1-12-19-13(11-14(20-12)22-6-8-24-9-7-22)17-4-5-18-16(23)21-15-3-2-10-25-15/h2-3,10-11H,4-9H2,1H3,(H,17,19,20)(H2,18,21,23). The van der Waals surface area contributed by atoms with Gasteiger partial charge < -0.3 is 20.3 Å². The van der Waals surface area contributed by atoms with E-state index >= 15 is 0 Å². The first-order chi connectivity index (χ1) is 12.2. The molecule has 2 aromatic heterocycles. The molecule has 0 unspecified atom stereocenters. The summed E-state index contributed by atoms with van der Waals surface area (Å²) in [7, 11) is 0. The lowest BCUT2D eigenvalue weighted by Crippen LogP contribution is -2.37. The van der Waals surface area contributed by atoms with Crippen LogP contribution in [0, 0.1) is 6.92 Å². The molecule has 8 nitrogen and oxygen atoms in total. The minimum absolute atomic E-state index is 0.211. The number of amides is 2. The van der Waals surface area contributed by atoms with Gasteiger partial charge in [0, 0.05) is 32.2 Å². The molecule has 0 aromatic carbocycles. The first kappa shape index (κ1) is 17.4. The maximum Gasteiger partial charge on any atom is 0.319 e. The molecular weight excluding hydrogens is 340 g/mol. The van der Waals surface area contributed by atoms with E-state index in [1.807, 2.05) is 30.5 Å². The van der Waals surface area contributed by atoms with Gasteiger partial charge in [0.1, 0.15) is 17.5 Å². The summed E-state index contributed by atoms with van der Waals surface area (Å²) in [4.78, 5) is 22.8. The Labute approximate surface area is 150 Å². The minimum Gasteiger partial charge on any atom is -0.378 e. The number of nitrogens with one attached hydrogen (secondary N) is 3. The molecule has 0 spiro atoms. The highest BCUT2D eigenvalue weighted by molar-refractivity contribution is 7.14. The van der Waals surface area contributed by atoms with Gasteiger partial charge in [0.2, 0.25) is 0 Å². The zero-order valence-electron chi connectivity index (χ0n) is 14.1. The maximum atomic E-state index is 11.7. The summed E-state index contributed by atoms with van der Waals surface area (Å²) in [6.45, 7) is 6.05. The molecule has 2 amide bonds. The molecule has 9 heteroatoms. The number of anilines is 3. The van der Waals surface area contributed by atoms with Gasteiger partial charge in [-0.2, -0.15) is 0 Å². The van der Waals surface area contributed by atoms with Crippen LogP contribution >= 0.6 is 11.3 Å². The van der Waals surface area contributed by atoms with Crippen molar-refractivity contribution in [1.29, 1.82) is 0 Å². The zero-order chi connectivity index (χ0) is 17.5. The summed E-state index contributed by atoms with van der Waals surface area (Å²) in [5.74, 6) is 2.38. The van der Waals surface area contributed by atoms with Crippen molar-refractivity contribution in [1.82, 2.24) is 15.3 Å². The number of ether oxygens (including phenoxy) is 1. The van der Waals surface area contributed by atoms with Crippen LogP contribution in [0.5, 0.6) is 0 Å². The van der Waals surface area contributed by atoms with E-state index in [0.29, 0.717) is 13.1 Å². The van der Waals surface area contributed by atoms with Crippen molar-refractivity contribution in [2.45, 2.75) is 6.92 Å². The van der Waals surface area contributed by atoms with E-state index in [1.165, 1.54) is 11.3 Å². The second kappa shape index (κ2) is 8.63. The van der Waals surface area contributed by atoms with Gasteiger partial charge in [-0.15, -0.1) is 11.3 Å². The Bertz CT molecular complexity index is 688.